The van der Waals surface area contributed by atoms with Gasteiger partial charge in [0.1, 0.15) is 11.9 Å². The summed E-state index contributed by atoms with van der Waals surface area (Å²) in [5.41, 5.74) is 1.33. The van der Waals surface area contributed by atoms with Crippen LogP contribution in [-0.4, -0.2) is 34.4 Å². The van der Waals surface area contributed by atoms with Crippen LogP contribution in [-0.2, 0) is 11.2 Å². The van der Waals surface area contributed by atoms with E-state index in [0.717, 1.165) is 5.69 Å². The lowest BCUT2D eigenvalue weighted by atomic mass is 10.2. The number of nitrogens with zero attached hydrogens (tertiary/aromatic N) is 3. The normalized spacial score (nSPS) is 17.9. The molecule has 3 amide bonds. The fourth-order valence-electron chi connectivity index (χ4n) is 2.64. The largest absolute Gasteiger partial charge is 0.331 e. The quantitative estimate of drug-likeness (QED) is 0.815. The predicted molar refractivity (Wildman–Crippen MR) is 83.4 cm³/mol. The number of aromatic nitrogens is 1. The minimum absolute atomic E-state index is 0.254. The van der Waals surface area contributed by atoms with E-state index in [1.54, 1.807) is 13.1 Å². The number of anilines is 1. The molecule has 3 rings (SSSR count). The highest BCUT2D eigenvalue weighted by Crippen LogP contribution is 2.26. The third kappa shape index (κ3) is 2.92. The van der Waals surface area contributed by atoms with Crippen molar-refractivity contribution >= 4 is 17.6 Å². The lowest BCUT2D eigenvalue weighted by Gasteiger charge is -2.19. The molecule has 6 heteroatoms. The number of imide groups is 1. The van der Waals surface area contributed by atoms with E-state index in [1.807, 2.05) is 18.2 Å². The Hall–Kier alpha value is -2.76. The molecule has 1 fully saturated rings. The zero-order chi connectivity index (χ0) is 16.4. The first-order valence-corrected chi connectivity index (χ1v) is 7.38. The van der Waals surface area contributed by atoms with Crippen LogP contribution in [0.2, 0.25) is 0 Å². The molecule has 1 aliphatic rings. The number of carbonyl (C=O) groups is 2. The van der Waals surface area contributed by atoms with Gasteiger partial charge in [-0.2, -0.15) is 0 Å². The van der Waals surface area contributed by atoms with Crippen LogP contribution in [0.5, 0.6) is 0 Å². The second kappa shape index (κ2) is 6.16. The van der Waals surface area contributed by atoms with Gasteiger partial charge in [0.2, 0.25) is 0 Å². The van der Waals surface area contributed by atoms with Crippen molar-refractivity contribution in [1.82, 2.24) is 9.88 Å². The van der Waals surface area contributed by atoms with Crippen LogP contribution in [0.3, 0.4) is 0 Å². The van der Waals surface area contributed by atoms with Crippen molar-refractivity contribution in [3.8, 4) is 0 Å². The van der Waals surface area contributed by atoms with Gasteiger partial charge in [-0.05, 0) is 43.3 Å². The second-order valence-electron chi connectivity index (χ2n) is 5.37. The zero-order valence-corrected chi connectivity index (χ0v) is 12.6. The molecule has 0 saturated carbocycles. The van der Waals surface area contributed by atoms with E-state index in [9.17, 15) is 14.0 Å². The van der Waals surface area contributed by atoms with Crippen molar-refractivity contribution in [2.75, 3.05) is 11.4 Å². The summed E-state index contributed by atoms with van der Waals surface area (Å²) in [7, 11) is 0. The van der Waals surface area contributed by atoms with Gasteiger partial charge < -0.3 is 0 Å². The molecule has 0 spiro atoms. The summed E-state index contributed by atoms with van der Waals surface area (Å²) in [6, 6.07) is 10.1. The Morgan fingerprint density at radius 2 is 1.87 bits per heavy atom. The van der Waals surface area contributed by atoms with Crippen molar-refractivity contribution in [1.29, 1.82) is 0 Å². The third-order valence-electron chi connectivity index (χ3n) is 3.87. The number of benzene rings is 1. The fraction of sp³-hybridized carbons (Fsp3) is 0.235. The van der Waals surface area contributed by atoms with E-state index in [-0.39, 0.29) is 24.3 Å². The minimum Gasteiger partial charge on any atom is -0.282 e. The monoisotopic (exact) mass is 313 g/mol. The molecule has 118 valence electrons. The molecule has 1 unspecified atom stereocenters. The lowest BCUT2D eigenvalue weighted by molar-refractivity contribution is -0.126. The van der Waals surface area contributed by atoms with Crippen LogP contribution < -0.4 is 4.90 Å². The summed E-state index contributed by atoms with van der Waals surface area (Å²) < 4.78 is 13.0. The third-order valence-corrected chi connectivity index (χ3v) is 3.87. The minimum atomic E-state index is -0.600. The lowest BCUT2D eigenvalue weighted by Crippen LogP contribution is -2.35. The van der Waals surface area contributed by atoms with Crippen LogP contribution >= 0.6 is 0 Å². The Balaban J connectivity index is 1.76. The topological polar surface area (TPSA) is 53.5 Å². The number of hydrogen-bond acceptors (Lipinski definition) is 3. The van der Waals surface area contributed by atoms with Crippen molar-refractivity contribution in [3.63, 3.8) is 0 Å². The average molecular weight is 313 g/mol. The molecule has 0 aliphatic carbocycles. The van der Waals surface area contributed by atoms with E-state index in [1.165, 1.54) is 34.1 Å². The number of hydrogen-bond donors (Lipinski definition) is 0. The molecule has 1 saturated heterocycles. The number of rotatable bonds is 4. The van der Waals surface area contributed by atoms with Crippen LogP contribution in [0, 0.1) is 5.82 Å². The summed E-state index contributed by atoms with van der Waals surface area (Å²) in [4.78, 5) is 31.7. The van der Waals surface area contributed by atoms with E-state index >= 15 is 0 Å². The molecule has 1 atom stereocenters. The van der Waals surface area contributed by atoms with Gasteiger partial charge in [0.25, 0.3) is 5.91 Å². The first kappa shape index (κ1) is 15.1. The van der Waals surface area contributed by atoms with Gasteiger partial charge in [0.05, 0.1) is 0 Å². The molecule has 1 aromatic carbocycles. The Morgan fingerprint density at radius 3 is 2.52 bits per heavy atom. The molecular formula is C17H16FN3O2. The van der Waals surface area contributed by atoms with Crippen molar-refractivity contribution in [3.05, 3.63) is 60.2 Å². The highest BCUT2D eigenvalue weighted by molar-refractivity contribution is 6.14. The van der Waals surface area contributed by atoms with Crippen LogP contribution in [0.1, 0.15) is 12.6 Å². The van der Waals surface area contributed by atoms with Crippen LogP contribution in [0.4, 0.5) is 14.9 Å². The smallest absolute Gasteiger partial charge is 0.282 e. The van der Waals surface area contributed by atoms with Gasteiger partial charge in [-0.3, -0.25) is 19.6 Å². The number of amides is 3. The molecule has 1 aliphatic heterocycles. The van der Waals surface area contributed by atoms with Crippen molar-refractivity contribution in [2.45, 2.75) is 19.4 Å². The Labute approximate surface area is 133 Å². The Morgan fingerprint density at radius 1 is 1.13 bits per heavy atom. The van der Waals surface area contributed by atoms with Crippen LogP contribution in [0.15, 0.2) is 48.7 Å². The molecule has 0 N–H and O–H groups in total. The summed E-state index contributed by atoms with van der Waals surface area (Å²) in [5, 5.41) is 0. The number of halogens is 1. The van der Waals surface area contributed by atoms with E-state index in [2.05, 4.69) is 4.98 Å². The number of carbonyl (C=O) groups excluding carboxylic acids is 2. The SMILES string of the molecule is CC1C(=O)N(CCc2ccccn2)C(=O)N1c1ccc(F)cc1. The Bertz CT molecular complexity index is 718. The number of urea groups is 1. The summed E-state index contributed by atoms with van der Waals surface area (Å²) in [6.45, 7) is 1.95. The Kier molecular flexibility index (Phi) is 4.06. The van der Waals surface area contributed by atoms with Gasteiger partial charge in [-0.15, -0.1) is 0 Å². The molecule has 2 heterocycles. The first-order chi connectivity index (χ1) is 11.1. The highest BCUT2D eigenvalue weighted by Gasteiger charge is 2.42. The molecule has 0 bridgehead atoms. The van der Waals surface area contributed by atoms with Crippen LogP contribution in [0.25, 0.3) is 0 Å². The molecule has 0 radical (unpaired) electrons. The maximum atomic E-state index is 13.0. The zero-order valence-electron chi connectivity index (χ0n) is 12.6. The van der Waals surface area contributed by atoms with Gasteiger partial charge >= 0.3 is 6.03 Å². The predicted octanol–water partition coefficient (Wildman–Crippen LogP) is 2.62. The molecule has 1 aromatic heterocycles. The van der Waals surface area contributed by atoms with Gasteiger partial charge in [-0.1, -0.05) is 6.07 Å². The standard InChI is InChI=1S/C17H16FN3O2/c1-12-16(22)20(11-9-14-4-2-3-10-19-14)17(23)21(12)15-7-5-13(18)6-8-15/h2-8,10,12H,9,11H2,1H3. The summed E-state index contributed by atoms with van der Waals surface area (Å²) in [6.07, 6.45) is 2.18. The van der Waals surface area contributed by atoms with Gasteiger partial charge in [0.15, 0.2) is 0 Å². The van der Waals surface area contributed by atoms with E-state index < -0.39 is 6.04 Å². The fourth-order valence-corrected chi connectivity index (χ4v) is 2.64. The maximum Gasteiger partial charge on any atom is 0.331 e. The molecule has 5 nitrogen and oxygen atoms in total. The maximum absolute atomic E-state index is 13.0. The molecule has 2 aromatic rings. The number of pyridine rings is 1. The highest BCUT2D eigenvalue weighted by atomic mass is 19.1. The van der Waals surface area contributed by atoms with Crippen molar-refractivity contribution in [2.24, 2.45) is 0 Å². The van der Waals surface area contributed by atoms with E-state index in [4.69, 9.17) is 0 Å². The molecule has 23 heavy (non-hydrogen) atoms. The molecular weight excluding hydrogens is 297 g/mol. The second-order valence-corrected chi connectivity index (χ2v) is 5.37. The van der Waals surface area contributed by atoms with Crippen molar-refractivity contribution < 1.29 is 14.0 Å². The first-order valence-electron chi connectivity index (χ1n) is 7.38. The summed E-state index contributed by atoms with van der Waals surface area (Å²) in [5.74, 6) is -0.637. The summed E-state index contributed by atoms with van der Waals surface area (Å²) >= 11 is 0. The van der Waals surface area contributed by atoms with Gasteiger partial charge in [0, 0.05) is 30.5 Å². The van der Waals surface area contributed by atoms with E-state index in [0.29, 0.717) is 12.1 Å². The van der Waals surface area contributed by atoms with Gasteiger partial charge in [-0.25, -0.2) is 9.18 Å². The average Bonchev–Trinajstić information content (AvgIpc) is 2.78.